The third-order valence-electron chi connectivity index (χ3n) is 3.92. The molecule has 0 aromatic heterocycles. The van der Waals surface area contributed by atoms with E-state index in [1.165, 1.54) is 16.7 Å². The van der Waals surface area contributed by atoms with Gasteiger partial charge in [0.25, 0.3) is 0 Å². The van der Waals surface area contributed by atoms with Crippen LogP contribution in [0.2, 0.25) is 0 Å². The number of aryl methyl sites for hydroxylation is 1. The van der Waals surface area contributed by atoms with Gasteiger partial charge >= 0.3 is 0 Å². The van der Waals surface area contributed by atoms with Crippen LogP contribution in [0.25, 0.3) is 5.57 Å². The Bertz CT molecular complexity index is 715. The van der Waals surface area contributed by atoms with Crippen molar-refractivity contribution < 1.29 is 4.74 Å². The van der Waals surface area contributed by atoms with E-state index in [9.17, 15) is 0 Å². The molecule has 0 fully saturated rings. The maximum absolute atomic E-state index is 5.59. The summed E-state index contributed by atoms with van der Waals surface area (Å²) in [4.78, 5) is 0. The molecule has 0 bridgehead atoms. The van der Waals surface area contributed by atoms with E-state index in [-0.39, 0.29) is 0 Å². The first-order valence-electron chi connectivity index (χ1n) is 7.49. The fraction of sp³-hybridized carbons (Fsp3) is 0.200. The van der Waals surface area contributed by atoms with Crippen LogP contribution in [0.1, 0.15) is 16.7 Å². The Morgan fingerprint density at radius 3 is 2.50 bits per heavy atom. The van der Waals surface area contributed by atoms with Crippen molar-refractivity contribution in [2.24, 2.45) is 5.92 Å². The fourth-order valence-corrected chi connectivity index (χ4v) is 3.62. The third kappa shape index (κ3) is 3.12. The SMILES string of the molecule is COc1ccccc1C(=CC1C=CSC1)c1ccccc1C. The van der Waals surface area contributed by atoms with Crippen LogP contribution in [0, 0.1) is 12.8 Å². The van der Waals surface area contributed by atoms with Gasteiger partial charge in [-0.05, 0) is 35.1 Å². The van der Waals surface area contributed by atoms with Crippen LogP contribution in [-0.4, -0.2) is 12.9 Å². The molecule has 0 saturated carbocycles. The molecule has 112 valence electrons. The van der Waals surface area contributed by atoms with Crippen LogP contribution in [-0.2, 0) is 0 Å². The quantitative estimate of drug-likeness (QED) is 0.756. The summed E-state index contributed by atoms with van der Waals surface area (Å²) in [5, 5.41) is 2.19. The number of hydrogen-bond donors (Lipinski definition) is 0. The lowest BCUT2D eigenvalue weighted by atomic mass is 9.91. The lowest BCUT2D eigenvalue weighted by Gasteiger charge is -2.16. The van der Waals surface area contributed by atoms with Crippen LogP contribution in [0.15, 0.2) is 66.1 Å². The highest BCUT2D eigenvalue weighted by molar-refractivity contribution is 8.02. The zero-order valence-corrected chi connectivity index (χ0v) is 13.8. The van der Waals surface area contributed by atoms with E-state index in [0.717, 1.165) is 17.1 Å². The molecule has 0 aliphatic carbocycles. The average Bonchev–Trinajstić information content (AvgIpc) is 3.06. The number of hydrogen-bond acceptors (Lipinski definition) is 2. The van der Waals surface area contributed by atoms with Crippen molar-refractivity contribution in [3.05, 3.63) is 82.8 Å². The maximum Gasteiger partial charge on any atom is 0.126 e. The first kappa shape index (κ1) is 15.0. The second-order valence-corrected chi connectivity index (χ2v) is 6.36. The van der Waals surface area contributed by atoms with Crippen LogP contribution >= 0.6 is 11.8 Å². The highest BCUT2D eigenvalue weighted by atomic mass is 32.2. The Kier molecular flexibility index (Phi) is 4.69. The Morgan fingerprint density at radius 1 is 1.09 bits per heavy atom. The van der Waals surface area contributed by atoms with Gasteiger partial charge < -0.3 is 4.74 Å². The summed E-state index contributed by atoms with van der Waals surface area (Å²) in [6, 6.07) is 16.8. The van der Waals surface area contributed by atoms with Crippen LogP contribution in [0.5, 0.6) is 5.75 Å². The second-order valence-electron chi connectivity index (χ2n) is 5.42. The van der Waals surface area contributed by atoms with Crippen LogP contribution < -0.4 is 4.74 Å². The highest BCUT2D eigenvalue weighted by Crippen LogP contribution is 2.35. The Hall–Kier alpha value is -1.93. The molecule has 0 saturated heterocycles. The summed E-state index contributed by atoms with van der Waals surface area (Å²) in [5.74, 6) is 2.51. The van der Waals surface area contributed by atoms with Gasteiger partial charge in [-0.3, -0.25) is 0 Å². The molecule has 2 heteroatoms. The van der Waals surface area contributed by atoms with Gasteiger partial charge in [0.1, 0.15) is 5.75 Å². The average molecular weight is 308 g/mol. The zero-order valence-electron chi connectivity index (χ0n) is 13.0. The molecule has 0 N–H and O–H groups in total. The number of rotatable bonds is 4. The topological polar surface area (TPSA) is 9.23 Å². The van der Waals surface area contributed by atoms with Crippen molar-refractivity contribution in [3.8, 4) is 5.75 Å². The lowest BCUT2D eigenvalue weighted by molar-refractivity contribution is 0.413. The highest BCUT2D eigenvalue weighted by Gasteiger charge is 2.15. The largest absolute Gasteiger partial charge is 0.496 e. The fourth-order valence-electron chi connectivity index (χ4n) is 2.76. The van der Waals surface area contributed by atoms with Crippen molar-refractivity contribution in [2.75, 3.05) is 12.9 Å². The molecule has 1 heterocycles. The van der Waals surface area contributed by atoms with Gasteiger partial charge in [0.05, 0.1) is 7.11 Å². The standard InChI is InChI=1S/C20H20OS/c1-15-7-3-4-8-17(15)19(13-16-11-12-22-14-16)18-9-5-6-10-20(18)21-2/h3-13,16H,14H2,1-2H3. The number of ether oxygens (including phenoxy) is 1. The monoisotopic (exact) mass is 308 g/mol. The van der Waals surface area contributed by atoms with E-state index >= 15 is 0 Å². The Balaban J connectivity index is 2.15. The molecule has 1 aliphatic heterocycles. The first-order valence-corrected chi connectivity index (χ1v) is 8.54. The minimum Gasteiger partial charge on any atom is -0.496 e. The number of allylic oxidation sites excluding steroid dienone is 2. The van der Waals surface area contributed by atoms with Crippen molar-refractivity contribution in [1.82, 2.24) is 0 Å². The molecule has 0 amide bonds. The van der Waals surface area contributed by atoms with Crippen molar-refractivity contribution in [3.63, 3.8) is 0 Å². The first-order chi connectivity index (χ1) is 10.8. The van der Waals surface area contributed by atoms with Crippen LogP contribution in [0.4, 0.5) is 0 Å². The molecule has 3 rings (SSSR count). The summed E-state index contributed by atoms with van der Waals surface area (Å²) < 4.78 is 5.59. The summed E-state index contributed by atoms with van der Waals surface area (Å²) in [6.07, 6.45) is 4.65. The van der Waals surface area contributed by atoms with E-state index in [0.29, 0.717) is 5.92 Å². The Labute approximate surface area is 136 Å². The second kappa shape index (κ2) is 6.89. The number of benzene rings is 2. The van der Waals surface area contributed by atoms with E-state index in [1.54, 1.807) is 7.11 Å². The van der Waals surface area contributed by atoms with Gasteiger partial charge in [0.2, 0.25) is 0 Å². The lowest BCUT2D eigenvalue weighted by Crippen LogP contribution is -1.99. The molecule has 2 aromatic rings. The molecule has 1 unspecified atom stereocenters. The molecular formula is C20H20OS. The maximum atomic E-state index is 5.59. The number of thioether (sulfide) groups is 1. The summed E-state index contributed by atoms with van der Waals surface area (Å²) in [7, 11) is 1.74. The molecule has 1 atom stereocenters. The van der Waals surface area contributed by atoms with Gasteiger partial charge in [0, 0.05) is 17.2 Å². The molecule has 0 spiro atoms. The number of para-hydroxylation sites is 1. The van der Waals surface area contributed by atoms with Gasteiger partial charge in [-0.2, -0.15) is 0 Å². The smallest absolute Gasteiger partial charge is 0.126 e. The van der Waals surface area contributed by atoms with Gasteiger partial charge in [-0.1, -0.05) is 54.6 Å². The van der Waals surface area contributed by atoms with E-state index in [1.807, 2.05) is 23.9 Å². The van der Waals surface area contributed by atoms with Gasteiger partial charge in [0.15, 0.2) is 0 Å². The normalized spacial score (nSPS) is 17.7. The summed E-state index contributed by atoms with van der Waals surface area (Å²) in [6.45, 7) is 2.16. The Morgan fingerprint density at radius 2 is 1.82 bits per heavy atom. The minimum atomic E-state index is 0.476. The molecule has 0 radical (unpaired) electrons. The van der Waals surface area contributed by atoms with E-state index < -0.39 is 0 Å². The van der Waals surface area contributed by atoms with E-state index in [4.69, 9.17) is 4.74 Å². The molecule has 2 aromatic carbocycles. The minimum absolute atomic E-state index is 0.476. The van der Waals surface area contributed by atoms with Crippen molar-refractivity contribution in [1.29, 1.82) is 0 Å². The van der Waals surface area contributed by atoms with Crippen molar-refractivity contribution >= 4 is 17.3 Å². The summed E-state index contributed by atoms with van der Waals surface area (Å²) >= 11 is 1.87. The molecule has 22 heavy (non-hydrogen) atoms. The molecular weight excluding hydrogens is 288 g/mol. The van der Waals surface area contributed by atoms with E-state index in [2.05, 4.69) is 60.9 Å². The number of methoxy groups -OCH3 is 1. The molecule has 1 nitrogen and oxygen atoms in total. The van der Waals surface area contributed by atoms with Gasteiger partial charge in [-0.15, -0.1) is 11.8 Å². The van der Waals surface area contributed by atoms with Gasteiger partial charge in [-0.25, -0.2) is 0 Å². The van der Waals surface area contributed by atoms with Crippen molar-refractivity contribution in [2.45, 2.75) is 6.92 Å². The third-order valence-corrected chi connectivity index (χ3v) is 4.85. The van der Waals surface area contributed by atoms with Crippen LogP contribution in [0.3, 0.4) is 0 Å². The molecule has 1 aliphatic rings. The zero-order chi connectivity index (χ0) is 15.4. The summed E-state index contributed by atoms with van der Waals surface area (Å²) in [5.41, 5.74) is 4.98. The predicted molar refractivity (Wildman–Crippen MR) is 96.3 cm³/mol. The predicted octanol–water partition coefficient (Wildman–Crippen LogP) is 5.31.